The van der Waals surface area contributed by atoms with Crippen molar-refractivity contribution in [1.82, 2.24) is 0 Å². The van der Waals surface area contributed by atoms with Gasteiger partial charge in [0, 0.05) is 5.02 Å². The van der Waals surface area contributed by atoms with E-state index in [2.05, 4.69) is 0 Å². The van der Waals surface area contributed by atoms with Crippen LogP contribution in [0.2, 0.25) is 5.02 Å². The highest BCUT2D eigenvalue weighted by Gasteiger charge is 1.96. The lowest BCUT2D eigenvalue weighted by molar-refractivity contribution is 0.177. The van der Waals surface area contributed by atoms with Crippen LogP contribution < -0.4 is 0 Å². The molecular weight excluding hydrogens is 155 g/mol. The zero-order valence-corrected chi connectivity index (χ0v) is 5.86. The van der Waals surface area contributed by atoms with Crippen molar-refractivity contribution in [3.05, 3.63) is 34.6 Å². The Labute approximate surface area is 63.1 Å². The van der Waals surface area contributed by atoms with E-state index in [0.29, 0.717) is 5.56 Å². The molecule has 1 aromatic carbocycles. The van der Waals surface area contributed by atoms with Gasteiger partial charge in [0.2, 0.25) is 0 Å². The van der Waals surface area contributed by atoms with Gasteiger partial charge in [-0.1, -0.05) is 11.6 Å². The van der Waals surface area contributed by atoms with Crippen molar-refractivity contribution in [2.24, 2.45) is 0 Å². The van der Waals surface area contributed by atoms with Gasteiger partial charge < -0.3 is 0 Å². The van der Waals surface area contributed by atoms with Crippen LogP contribution in [0.5, 0.6) is 0 Å². The van der Waals surface area contributed by atoms with Crippen molar-refractivity contribution in [1.29, 1.82) is 0 Å². The molecule has 0 atom stereocenters. The van der Waals surface area contributed by atoms with Gasteiger partial charge in [0.15, 0.2) is 0 Å². The predicted octanol–water partition coefficient (Wildman–Crippen LogP) is 2.41. The van der Waals surface area contributed by atoms with Crippen molar-refractivity contribution in [2.75, 3.05) is 0 Å². The van der Waals surface area contributed by atoms with Crippen LogP contribution in [0, 0.1) is 5.82 Å². The molecule has 53 valence electrons. The largest absolute Gasteiger partial charge is 0.232 e. The second kappa shape index (κ2) is 2.99. The molecule has 0 amide bonds. The highest BCUT2D eigenvalue weighted by molar-refractivity contribution is 6.30. The summed E-state index contributed by atoms with van der Waals surface area (Å²) in [6.45, 7) is -0.433. The Balaban J connectivity index is 3.06. The Morgan fingerprint density at radius 1 is 1.40 bits per heavy atom. The maximum atomic E-state index is 12.4. The molecule has 1 aromatic rings. The van der Waals surface area contributed by atoms with E-state index in [9.17, 15) is 9.50 Å². The molecule has 0 fully saturated rings. The van der Waals surface area contributed by atoms with E-state index in [1.807, 2.05) is 0 Å². The monoisotopic (exact) mass is 159 g/mol. The molecule has 0 aliphatic heterocycles. The van der Waals surface area contributed by atoms with E-state index in [1.165, 1.54) is 18.2 Å². The lowest BCUT2D eigenvalue weighted by Gasteiger charge is -1.94. The molecule has 0 unspecified atom stereocenters. The van der Waals surface area contributed by atoms with Gasteiger partial charge >= 0.3 is 0 Å². The topological polar surface area (TPSA) is 19.9 Å². The van der Waals surface area contributed by atoms with Crippen molar-refractivity contribution in [3.8, 4) is 0 Å². The van der Waals surface area contributed by atoms with Crippen LogP contribution in [-0.4, -0.2) is 0 Å². The standard InChI is InChI=1S/C7H5ClFO/c8-6-1-5(4-10)2-7(9)3-6/h1-3H,4H2. The fraction of sp³-hybridized carbons (Fsp3) is 0.143. The van der Waals surface area contributed by atoms with Gasteiger partial charge in [-0.25, -0.2) is 9.50 Å². The summed E-state index contributed by atoms with van der Waals surface area (Å²) >= 11 is 5.45. The number of rotatable bonds is 1. The van der Waals surface area contributed by atoms with Crippen molar-refractivity contribution in [2.45, 2.75) is 6.61 Å². The molecule has 3 heteroatoms. The molecule has 0 aliphatic carbocycles. The molecule has 0 spiro atoms. The minimum absolute atomic E-state index is 0.269. The Bertz CT molecular complexity index is 217. The van der Waals surface area contributed by atoms with E-state index >= 15 is 0 Å². The van der Waals surface area contributed by atoms with Crippen molar-refractivity contribution in [3.63, 3.8) is 0 Å². The van der Waals surface area contributed by atoms with E-state index < -0.39 is 12.4 Å². The lowest BCUT2D eigenvalue weighted by atomic mass is 10.2. The smallest absolute Gasteiger partial charge is 0.125 e. The van der Waals surface area contributed by atoms with Crippen molar-refractivity contribution < 1.29 is 9.50 Å². The SMILES string of the molecule is [O]Cc1cc(F)cc(Cl)c1. The summed E-state index contributed by atoms with van der Waals surface area (Å²) in [6, 6.07) is 3.80. The van der Waals surface area contributed by atoms with E-state index in [1.54, 1.807) is 0 Å². The second-order valence-corrected chi connectivity index (χ2v) is 2.36. The summed E-state index contributed by atoms with van der Waals surface area (Å²) in [7, 11) is 0. The number of hydrogen-bond acceptors (Lipinski definition) is 0. The van der Waals surface area contributed by atoms with Crippen LogP contribution in [0.25, 0.3) is 0 Å². The summed E-state index contributed by atoms with van der Waals surface area (Å²) in [4.78, 5) is 0. The highest BCUT2D eigenvalue weighted by atomic mass is 35.5. The maximum Gasteiger partial charge on any atom is 0.125 e. The van der Waals surface area contributed by atoms with E-state index in [0.717, 1.165) is 0 Å². The molecule has 1 nitrogen and oxygen atoms in total. The maximum absolute atomic E-state index is 12.4. The molecular formula is C7H5ClFO. The third-order valence-corrected chi connectivity index (χ3v) is 1.31. The molecule has 0 bridgehead atoms. The molecule has 10 heavy (non-hydrogen) atoms. The van der Waals surface area contributed by atoms with E-state index in [-0.39, 0.29) is 5.02 Å². The van der Waals surface area contributed by atoms with Gasteiger partial charge in [-0.2, -0.15) is 0 Å². The first-order valence-electron chi connectivity index (χ1n) is 2.75. The van der Waals surface area contributed by atoms with E-state index in [4.69, 9.17) is 11.6 Å². The van der Waals surface area contributed by atoms with Gasteiger partial charge in [0.25, 0.3) is 0 Å². The fourth-order valence-electron chi connectivity index (χ4n) is 0.694. The summed E-state index contributed by atoms with van der Waals surface area (Å²) in [5.74, 6) is -0.460. The molecule has 0 saturated carbocycles. The van der Waals surface area contributed by atoms with Crippen LogP contribution in [0.1, 0.15) is 5.56 Å². The predicted molar refractivity (Wildman–Crippen MR) is 35.8 cm³/mol. The summed E-state index contributed by atoms with van der Waals surface area (Å²) in [6.07, 6.45) is 0. The molecule has 0 saturated heterocycles. The van der Waals surface area contributed by atoms with Gasteiger partial charge in [0.1, 0.15) is 12.4 Å². The zero-order chi connectivity index (χ0) is 7.56. The lowest BCUT2D eigenvalue weighted by Crippen LogP contribution is -1.83. The Morgan fingerprint density at radius 3 is 2.60 bits per heavy atom. The third-order valence-electron chi connectivity index (χ3n) is 1.09. The second-order valence-electron chi connectivity index (χ2n) is 1.92. The quantitative estimate of drug-likeness (QED) is 0.600. The minimum Gasteiger partial charge on any atom is -0.232 e. The Kier molecular flexibility index (Phi) is 2.25. The number of halogens is 2. The van der Waals surface area contributed by atoms with Crippen LogP contribution >= 0.6 is 11.6 Å². The Hall–Kier alpha value is -0.600. The number of hydrogen-bond donors (Lipinski definition) is 0. The highest BCUT2D eigenvalue weighted by Crippen LogP contribution is 2.13. The Morgan fingerprint density at radius 2 is 2.10 bits per heavy atom. The molecule has 1 rings (SSSR count). The van der Waals surface area contributed by atoms with Gasteiger partial charge in [-0.3, -0.25) is 0 Å². The first kappa shape index (κ1) is 7.51. The molecule has 0 aromatic heterocycles. The summed E-state index contributed by atoms with van der Waals surface area (Å²) in [5, 5.41) is 10.5. The summed E-state index contributed by atoms with van der Waals surface area (Å²) in [5.41, 5.74) is 0.380. The average Bonchev–Trinajstić information content (AvgIpc) is 1.85. The first-order valence-corrected chi connectivity index (χ1v) is 3.13. The molecule has 1 radical (unpaired) electrons. The van der Waals surface area contributed by atoms with Crippen LogP contribution in [0.3, 0.4) is 0 Å². The molecule has 0 aliphatic rings. The first-order chi connectivity index (χ1) is 4.72. The molecule has 0 heterocycles. The van der Waals surface area contributed by atoms with Crippen LogP contribution in [-0.2, 0) is 11.7 Å². The van der Waals surface area contributed by atoms with Crippen LogP contribution in [0.15, 0.2) is 18.2 Å². The van der Waals surface area contributed by atoms with Crippen molar-refractivity contribution >= 4 is 11.6 Å². The zero-order valence-electron chi connectivity index (χ0n) is 5.10. The number of benzene rings is 1. The van der Waals surface area contributed by atoms with Gasteiger partial charge in [-0.15, -0.1) is 0 Å². The van der Waals surface area contributed by atoms with Gasteiger partial charge in [-0.05, 0) is 23.8 Å². The average molecular weight is 160 g/mol. The molecule has 0 N–H and O–H groups in total. The van der Waals surface area contributed by atoms with Crippen LogP contribution in [0.4, 0.5) is 4.39 Å². The van der Waals surface area contributed by atoms with Gasteiger partial charge in [0.05, 0.1) is 0 Å². The third kappa shape index (κ3) is 1.69. The summed E-state index contributed by atoms with van der Waals surface area (Å²) < 4.78 is 12.4. The minimum atomic E-state index is -0.460. The fourth-order valence-corrected chi connectivity index (χ4v) is 0.939. The normalized spacial score (nSPS) is 9.90.